The minimum Gasteiger partial charge on any atom is -0.494 e. The van der Waals surface area contributed by atoms with Crippen LogP contribution in [0.25, 0.3) is 0 Å². The lowest BCUT2D eigenvalue weighted by molar-refractivity contribution is -0.138. The minimum atomic E-state index is -0.873. The fourth-order valence-electron chi connectivity index (χ4n) is 2.26. The quantitative estimate of drug-likeness (QED) is 0.816. The number of hydrogen-bond acceptors (Lipinski definition) is 3. The number of nitrogens with one attached hydrogen (secondary N) is 1. The highest BCUT2D eigenvalue weighted by molar-refractivity contribution is 5.92. The summed E-state index contributed by atoms with van der Waals surface area (Å²) in [6, 6.07) is 14.3. The van der Waals surface area contributed by atoms with E-state index in [2.05, 4.69) is 5.32 Å². The topological polar surface area (TPSA) is 75.6 Å². The number of benzene rings is 2. The van der Waals surface area contributed by atoms with Gasteiger partial charge in [0.25, 0.3) is 0 Å². The van der Waals surface area contributed by atoms with Crippen molar-refractivity contribution in [1.82, 2.24) is 0 Å². The van der Waals surface area contributed by atoms with E-state index >= 15 is 0 Å². The lowest BCUT2D eigenvalue weighted by atomic mass is 10.0. The number of hydrogen-bond donors (Lipinski definition) is 2. The van der Waals surface area contributed by atoms with E-state index in [1.54, 1.807) is 31.2 Å². The maximum atomic E-state index is 12.1. The van der Waals surface area contributed by atoms with Crippen molar-refractivity contribution in [1.29, 1.82) is 0 Å². The first kappa shape index (κ1) is 17.5. The van der Waals surface area contributed by atoms with Crippen molar-refractivity contribution < 1.29 is 19.4 Å². The predicted molar refractivity (Wildman–Crippen MR) is 92.4 cm³/mol. The van der Waals surface area contributed by atoms with Crippen LogP contribution in [0.15, 0.2) is 48.5 Å². The first-order chi connectivity index (χ1) is 11.5. The number of carbonyl (C=O) groups excluding carboxylic acids is 1. The van der Waals surface area contributed by atoms with Crippen molar-refractivity contribution >= 4 is 17.6 Å². The molecule has 5 heteroatoms. The van der Waals surface area contributed by atoms with E-state index in [0.29, 0.717) is 17.9 Å². The predicted octanol–water partition coefficient (Wildman–Crippen LogP) is 3.45. The van der Waals surface area contributed by atoms with Crippen molar-refractivity contribution in [2.75, 3.05) is 11.9 Å². The fourth-order valence-corrected chi connectivity index (χ4v) is 2.26. The average Bonchev–Trinajstić information content (AvgIpc) is 2.57. The highest BCUT2D eigenvalue weighted by atomic mass is 16.5. The Balaban J connectivity index is 1.93. The van der Waals surface area contributed by atoms with Gasteiger partial charge in [0, 0.05) is 5.69 Å². The van der Waals surface area contributed by atoms with Crippen LogP contribution in [0.5, 0.6) is 5.75 Å². The monoisotopic (exact) mass is 327 g/mol. The van der Waals surface area contributed by atoms with Gasteiger partial charge < -0.3 is 15.2 Å². The van der Waals surface area contributed by atoms with Crippen LogP contribution >= 0.6 is 0 Å². The highest BCUT2D eigenvalue weighted by Crippen LogP contribution is 2.18. The number of carboxylic acids is 1. The van der Waals surface area contributed by atoms with Gasteiger partial charge in [0.05, 0.1) is 18.9 Å². The zero-order valence-electron chi connectivity index (χ0n) is 13.8. The summed E-state index contributed by atoms with van der Waals surface area (Å²) in [5, 5.41) is 11.8. The van der Waals surface area contributed by atoms with Gasteiger partial charge >= 0.3 is 5.97 Å². The second-order valence-corrected chi connectivity index (χ2v) is 5.48. The minimum absolute atomic E-state index is 0.127. The van der Waals surface area contributed by atoms with Gasteiger partial charge in [-0.05, 0) is 49.2 Å². The number of ether oxygens (including phenoxy) is 1. The second-order valence-electron chi connectivity index (χ2n) is 5.48. The van der Waals surface area contributed by atoms with Crippen LogP contribution in [0.4, 0.5) is 5.69 Å². The molecule has 0 bridgehead atoms. The van der Waals surface area contributed by atoms with Gasteiger partial charge in [0.1, 0.15) is 5.75 Å². The molecule has 0 aliphatic heterocycles. The van der Waals surface area contributed by atoms with E-state index in [9.17, 15) is 9.59 Å². The Bertz CT molecular complexity index is 692. The van der Waals surface area contributed by atoms with Crippen LogP contribution in [-0.2, 0) is 16.0 Å². The number of carboxylic acid groups (broad SMARTS) is 1. The third kappa shape index (κ3) is 4.84. The van der Waals surface area contributed by atoms with Crippen LogP contribution in [0.1, 0.15) is 30.9 Å². The summed E-state index contributed by atoms with van der Waals surface area (Å²) in [6.07, 6.45) is 0.264. The zero-order valence-corrected chi connectivity index (χ0v) is 13.8. The van der Waals surface area contributed by atoms with E-state index in [4.69, 9.17) is 9.84 Å². The number of rotatable bonds is 7. The summed E-state index contributed by atoms with van der Waals surface area (Å²) >= 11 is 0. The van der Waals surface area contributed by atoms with Gasteiger partial charge in [-0.25, -0.2) is 0 Å². The molecule has 1 atom stereocenters. The highest BCUT2D eigenvalue weighted by Gasteiger charge is 2.13. The van der Waals surface area contributed by atoms with E-state index in [-0.39, 0.29) is 12.3 Å². The molecule has 2 rings (SSSR count). The first-order valence-corrected chi connectivity index (χ1v) is 7.84. The molecule has 5 nitrogen and oxygen atoms in total. The molecule has 0 aromatic heterocycles. The number of aliphatic carboxylic acids is 1. The molecule has 1 unspecified atom stereocenters. The van der Waals surface area contributed by atoms with Crippen LogP contribution in [0.2, 0.25) is 0 Å². The van der Waals surface area contributed by atoms with E-state index in [1.807, 2.05) is 31.2 Å². The Morgan fingerprint density at radius 2 is 1.71 bits per heavy atom. The van der Waals surface area contributed by atoms with E-state index in [1.165, 1.54) is 0 Å². The van der Waals surface area contributed by atoms with Crippen LogP contribution in [-0.4, -0.2) is 23.6 Å². The SMILES string of the molecule is CCOc1ccc(CC(=O)Nc2ccc(C(C)C(=O)O)cc2)cc1. The Morgan fingerprint density at radius 3 is 2.25 bits per heavy atom. The Kier molecular flexibility index (Phi) is 5.95. The van der Waals surface area contributed by atoms with Crippen LogP contribution < -0.4 is 10.1 Å². The van der Waals surface area contributed by atoms with Gasteiger partial charge in [0.2, 0.25) is 5.91 Å². The lowest BCUT2D eigenvalue weighted by Gasteiger charge is -2.09. The molecule has 0 radical (unpaired) electrons. The van der Waals surface area contributed by atoms with Gasteiger partial charge in [-0.15, -0.1) is 0 Å². The average molecular weight is 327 g/mol. The number of amides is 1. The van der Waals surface area contributed by atoms with Crippen molar-refractivity contribution in [3.05, 3.63) is 59.7 Å². The molecular weight excluding hydrogens is 306 g/mol. The number of carbonyl (C=O) groups is 2. The maximum absolute atomic E-state index is 12.1. The molecule has 0 aliphatic rings. The smallest absolute Gasteiger partial charge is 0.310 e. The molecule has 24 heavy (non-hydrogen) atoms. The lowest BCUT2D eigenvalue weighted by Crippen LogP contribution is -2.14. The first-order valence-electron chi connectivity index (χ1n) is 7.84. The Hall–Kier alpha value is -2.82. The molecule has 0 fully saturated rings. The van der Waals surface area contributed by atoms with Crippen molar-refractivity contribution in [3.63, 3.8) is 0 Å². The standard InChI is InChI=1S/C19H21NO4/c1-3-24-17-10-4-14(5-11-17)12-18(21)20-16-8-6-15(7-9-16)13(2)19(22)23/h4-11,13H,3,12H2,1-2H3,(H,20,21)(H,22,23). The molecule has 2 aromatic rings. The molecule has 0 saturated heterocycles. The molecule has 1 amide bonds. The second kappa shape index (κ2) is 8.15. The largest absolute Gasteiger partial charge is 0.494 e. The van der Waals surface area contributed by atoms with Gasteiger partial charge in [-0.1, -0.05) is 24.3 Å². The fraction of sp³-hybridized carbons (Fsp3) is 0.263. The third-order valence-electron chi connectivity index (χ3n) is 3.66. The van der Waals surface area contributed by atoms with Crippen LogP contribution in [0, 0.1) is 0 Å². The van der Waals surface area contributed by atoms with E-state index < -0.39 is 11.9 Å². The maximum Gasteiger partial charge on any atom is 0.310 e. The van der Waals surface area contributed by atoms with E-state index in [0.717, 1.165) is 11.3 Å². The summed E-state index contributed by atoms with van der Waals surface area (Å²) in [5.74, 6) is -0.788. The van der Waals surface area contributed by atoms with Gasteiger partial charge in [-0.3, -0.25) is 9.59 Å². The Morgan fingerprint density at radius 1 is 1.08 bits per heavy atom. The molecule has 0 aliphatic carbocycles. The molecule has 0 saturated carbocycles. The molecular formula is C19H21NO4. The normalized spacial score (nSPS) is 11.6. The molecule has 0 spiro atoms. The third-order valence-corrected chi connectivity index (χ3v) is 3.66. The van der Waals surface area contributed by atoms with Crippen molar-refractivity contribution in [3.8, 4) is 5.75 Å². The summed E-state index contributed by atoms with van der Waals surface area (Å²) < 4.78 is 5.37. The van der Waals surface area contributed by atoms with Crippen molar-refractivity contribution in [2.24, 2.45) is 0 Å². The summed E-state index contributed by atoms with van der Waals surface area (Å²) in [4.78, 5) is 23.0. The number of anilines is 1. The zero-order chi connectivity index (χ0) is 17.5. The molecule has 0 heterocycles. The van der Waals surface area contributed by atoms with Crippen LogP contribution in [0.3, 0.4) is 0 Å². The molecule has 126 valence electrons. The summed E-state index contributed by atoms with van der Waals surface area (Å²) in [5.41, 5.74) is 2.24. The molecule has 2 aromatic carbocycles. The Labute approximate surface area is 141 Å². The molecule has 2 N–H and O–H groups in total. The van der Waals surface area contributed by atoms with Gasteiger partial charge in [-0.2, -0.15) is 0 Å². The van der Waals surface area contributed by atoms with Gasteiger partial charge in [0.15, 0.2) is 0 Å². The van der Waals surface area contributed by atoms with Crippen molar-refractivity contribution in [2.45, 2.75) is 26.2 Å². The summed E-state index contributed by atoms with van der Waals surface area (Å²) in [6.45, 7) is 4.15. The summed E-state index contributed by atoms with van der Waals surface area (Å²) in [7, 11) is 0.